The third kappa shape index (κ3) is 0.966. The van der Waals surface area contributed by atoms with Gasteiger partial charge >= 0.3 is 0 Å². The Morgan fingerprint density at radius 3 is 2.64 bits per heavy atom. The van der Waals surface area contributed by atoms with Gasteiger partial charge in [-0.25, -0.2) is 8.78 Å². The van der Waals surface area contributed by atoms with Crippen molar-refractivity contribution >= 4 is 5.69 Å². The third-order valence-corrected chi connectivity index (χ3v) is 3.21. The summed E-state index contributed by atoms with van der Waals surface area (Å²) in [7, 11) is 0. The number of anilines is 1. The number of fused-ring (bicyclic) bond motifs is 1. The fourth-order valence-corrected chi connectivity index (χ4v) is 2.26. The van der Waals surface area contributed by atoms with Gasteiger partial charge in [-0.3, -0.25) is 4.98 Å². The van der Waals surface area contributed by atoms with Crippen LogP contribution in [0.5, 0.6) is 0 Å². The van der Waals surface area contributed by atoms with Gasteiger partial charge in [-0.05, 0) is 12.1 Å². The number of hydrogen-bond acceptors (Lipinski definition) is 2. The Labute approximate surface area is 80.6 Å². The van der Waals surface area contributed by atoms with Crippen LogP contribution >= 0.6 is 0 Å². The van der Waals surface area contributed by atoms with Crippen LogP contribution in [-0.4, -0.2) is 24.0 Å². The lowest BCUT2D eigenvalue weighted by Crippen LogP contribution is -2.27. The zero-order chi connectivity index (χ0) is 9.76. The molecule has 1 aromatic heterocycles. The van der Waals surface area contributed by atoms with Gasteiger partial charge < -0.3 is 4.90 Å². The largest absolute Gasteiger partial charge is 0.369 e. The predicted molar refractivity (Wildman–Crippen MR) is 48.4 cm³/mol. The van der Waals surface area contributed by atoms with E-state index in [-0.39, 0.29) is 0 Å². The van der Waals surface area contributed by atoms with Crippen molar-refractivity contribution in [3.63, 3.8) is 0 Å². The smallest absolute Gasteiger partial charge is 0.258 e. The quantitative estimate of drug-likeness (QED) is 0.680. The molecule has 0 N–H and O–H groups in total. The molecule has 2 heterocycles. The van der Waals surface area contributed by atoms with Crippen molar-refractivity contribution in [2.45, 2.75) is 5.92 Å². The SMILES string of the molecule is FC1(F)C2CN(c3cccnc3)CC21. The van der Waals surface area contributed by atoms with Crippen LogP contribution in [0.15, 0.2) is 24.5 Å². The van der Waals surface area contributed by atoms with Gasteiger partial charge in [0, 0.05) is 19.3 Å². The van der Waals surface area contributed by atoms with E-state index < -0.39 is 17.8 Å². The summed E-state index contributed by atoms with van der Waals surface area (Å²) in [5.41, 5.74) is 0.954. The van der Waals surface area contributed by atoms with Gasteiger partial charge in [-0.15, -0.1) is 0 Å². The number of rotatable bonds is 1. The molecule has 74 valence electrons. The first-order chi connectivity index (χ1) is 6.69. The maximum Gasteiger partial charge on any atom is 0.258 e. The first-order valence-electron chi connectivity index (χ1n) is 4.72. The van der Waals surface area contributed by atoms with E-state index >= 15 is 0 Å². The van der Waals surface area contributed by atoms with Crippen molar-refractivity contribution in [3.05, 3.63) is 24.5 Å². The Bertz CT molecular complexity index is 338. The molecule has 0 aromatic carbocycles. The standard InChI is InChI=1S/C10H10F2N2/c11-10(12)8-5-14(6-9(8)10)7-2-1-3-13-4-7/h1-4,8-9H,5-6H2. The number of hydrogen-bond donors (Lipinski definition) is 0. The maximum absolute atomic E-state index is 12.9. The van der Waals surface area contributed by atoms with E-state index in [2.05, 4.69) is 4.98 Å². The van der Waals surface area contributed by atoms with Crippen LogP contribution in [-0.2, 0) is 0 Å². The minimum Gasteiger partial charge on any atom is -0.369 e. The summed E-state index contributed by atoms with van der Waals surface area (Å²) in [5.74, 6) is -3.22. The molecule has 0 bridgehead atoms. The molecule has 2 fully saturated rings. The lowest BCUT2D eigenvalue weighted by Gasteiger charge is -2.21. The number of halogens is 2. The fraction of sp³-hybridized carbons (Fsp3) is 0.500. The van der Waals surface area contributed by atoms with Crippen molar-refractivity contribution < 1.29 is 8.78 Å². The Balaban J connectivity index is 1.76. The molecule has 1 aliphatic heterocycles. The molecule has 3 rings (SSSR count). The third-order valence-electron chi connectivity index (χ3n) is 3.21. The lowest BCUT2D eigenvalue weighted by atomic mass is 10.3. The van der Waals surface area contributed by atoms with E-state index in [0.29, 0.717) is 13.1 Å². The predicted octanol–water partition coefficient (Wildman–Crippen LogP) is 1.78. The number of alkyl halides is 2. The monoisotopic (exact) mass is 196 g/mol. The van der Waals surface area contributed by atoms with E-state index in [4.69, 9.17) is 0 Å². The molecule has 2 nitrogen and oxygen atoms in total. The highest BCUT2D eigenvalue weighted by Crippen LogP contribution is 2.59. The molecule has 1 saturated carbocycles. The van der Waals surface area contributed by atoms with Gasteiger partial charge in [0.15, 0.2) is 0 Å². The summed E-state index contributed by atoms with van der Waals surface area (Å²) in [6, 6.07) is 3.74. The molecule has 4 heteroatoms. The summed E-state index contributed by atoms with van der Waals surface area (Å²) < 4.78 is 25.8. The van der Waals surface area contributed by atoms with E-state index in [1.165, 1.54) is 0 Å². The molecule has 1 aromatic rings. The Morgan fingerprint density at radius 2 is 2.07 bits per heavy atom. The molecular weight excluding hydrogens is 186 g/mol. The first kappa shape index (κ1) is 8.15. The van der Waals surface area contributed by atoms with Crippen LogP contribution in [0.3, 0.4) is 0 Å². The number of pyridine rings is 1. The number of aromatic nitrogens is 1. The van der Waals surface area contributed by atoms with Gasteiger partial charge in [-0.1, -0.05) is 0 Å². The van der Waals surface area contributed by atoms with Crippen LogP contribution in [0, 0.1) is 11.8 Å². The van der Waals surface area contributed by atoms with Crippen LogP contribution in [0.25, 0.3) is 0 Å². The number of nitrogens with zero attached hydrogens (tertiary/aromatic N) is 2. The van der Waals surface area contributed by atoms with Gasteiger partial charge in [0.05, 0.1) is 23.7 Å². The zero-order valence-electron chi connectivity index (χ0n) is 7.53. The molecule has 1 saturated heterocycles. The normalized spacial score (nSPS) is 32.9. The first-order valence-corrected chi connectivity index (χ1v) is 4.72. The Hall–Kier alpha value is -1.19. The van der Waals surface area contributed by atoms with Crippen LogP contribution in [0.4, 0.5) is 14.5 Å². The minimum absolute atomic E-state index is 0.414. The van der Waals surface area contributed by atoms with E-state index in [0.717, 1.165) is 5.69 Å². The second-order valence-corrected chi connectivity index (χ2v) is 4.00. The van der Waals surface area contributed by atoms with Crippen LogP contribution in [0.2, 0.25) is 0 Å². The van der Waals surface area contributed by atoms with Crippen molar-refractivity contribution in [3.8, 4) is 0 Å². The summed E-state index contributed by atoms with van der Waals surface area (Å²) in [5, 5.41) is 0. The van der Waals surface area contributed by atoms with Crippen LogP contribution in [0.1, 0.15) is 0 Å². The van der Waals surface area contributed by atoms with E-state index in [1.54, 1.807) is 12.4 Å². The molecule has 0 spiro atoms. The maximum atomic E-state index is 12.9. The highest BCUT2D eigenvalue weighted by Gasteiger charge is 2.71. The molecular formula is C10H10F2N2. The second kappa shape index (κ2) is 2.43. The highest BCUT2D eigenvalue weighted by molar-refractivity contribution is 5.47. The summed E-state index contributed by atoms with van der Waals surface area (Å²) in [6.07, 6.45) is 3.41. The highest BCUT2D eigenvalue weighted by atomic mass is 19.3. The summed E-state index contributed by atoms with van der Waals surface area (Å²) >= 11 is 0. The van der Waals surface area contributed by atoms with E-state index in [9.17, 15) is 8.78 Å². The fourth-order valence-electron chi connectivity index (χ4n) is 2.26. The Morgan fingerprint density at radius 1 is 1.36 bits per heavy atom. The molecule has 2 aliphatic rings. The average Bonchev–Trinajstić information content (AvgIpc) is 2.62. The molecule has 14 heavy (non-hydrogen) atoms. The van der Waals surface area contributed by atoms with Crippen molar-refractivity contribution in [1.29, 1.82) is 0 Å². The Kier molecular flexibility index (Phi) is 1.42. The van der Waals surface area contributed by atoms with Crippen LogP contribution < -0.4 is 4.90 Å². The zero-order valence-corrected chi connectivity index (χ0v) is 7.53. The van der Waals surface area contributed by atoms with Crippen molar-refractivity contribution in [2.24, 2.45) is 11.8 Å². The summed E-state index contributed by atoms with van der Waals surface area (Å²) in [6.45, 7) is 0.951. The molecule has 2 atom stereocenters. The van der Waals surface area contributed by atoms with Gasteiger partial charge in [-0.2, -0.15) is 0 Å². The molecule has 2 unspecified atom stereocenters. The summed E-state index contributed by atoms with van der Waals surface area (Å²) in [4.78, 5) is 5.96. The average molecular weight is 196 g/mol. The molecule has 0 radical (unpaired) electrons. The lowest BCUT2D eigenvalue weighted by molar-refractivity contribution is 0.0797. The molecule has 1 aliphatic carbocycles. The van der Waals surface area contributed by atoms with Gasteiger partial charge in [0.1, 0.15) is 0 Å². The van der Waals surface area contributed by atoms with E-state index in [1.807, 2.05) is 17.0 Å². The minimum atomic E-state index is -2.39. The number of piperidine rings is 1. The van der Waals surface area contributed by atoms with Crippen molar-refractivity contribution in [1.82, 2.24) is 4.98 Å². The van der Waals surface area contributed by atoms with Gasteiger partial charge in [0.25, 0.3) is 5.92 Å². The molecule has 0 amide bonds. The topological polar surface area (TPSA) is 16.1 Å². The second-order valence-electron chi connectivity index (χ2n) is 4.00. The van der Waals surface area contributed by atoms with Crippen molar-refractivity contribution in [2.75, 3.05) is 18.0 Å². The van der Waals surface area contributed by atoms with Gasteiger partial charge in [0.2, 0.25) is 0 Å².